The number of hydrogen-bond acceptors (Lipinski definition) is 2. The molecule has 7 aromatic rings. The van der Waals surface area contributed by atoms with Gasteiger partial charge in [0.25, 0.3) is 0 Å². The lowest BCUT2D eigenvalue weighted by atomic mass is 9.79. The molecule has 0 aliphatic heterocycles. The van der Waals surface area contributed by atoms with Gasteiger partial charge in [0.1, 0.15) is 0 Å². The lowest BCUT2D eigenvalue weighted by Crippen LogP contribution is -2.18. The van der Waals surface area contributed by atoms with Crippen molar-refractivity contribution < 1.29 is 0 Å². The molecule has 0 fully saturated rings. The first-order valence-electron chi connectivity index (χ1n) is 14.8. The third kappa shape index (κ3) is 4.18. The largest absolute Gasteiger partial charge is 0.228 e. The molecule has 0 amide bonds. The Balaban J connectivity index is 1.32. The van der Waals surface area contributed by atoms with E-state index < -0.39 is 0 Å². The summed E-state index contributed by atoms with van der Waals surface area (Å²) in [5, 5.41) is 2.53. The lowest BCUT2D eigenvalue weighted by Gasteiger charge is -2.25. The zero-order valence-corrected chi connectivity index (χ0v) is 24.3. The Morgan fingerprint density at radius 3 is 1.67 bits per heavy atom. The van der Waals surface area contributed by atoms with Crippen LogP contribution in [0.3, 0.4) is 0 Å². The maximum atomic E-state index is 5.34. The Kier molecular flexibility index (Phi) is 5.84. The second kappa shape index (κ2) is 9.89. The van der Waals surface area contributed by atoms with Crippen molar-refractivity contribution in [1.29, 1.82) is 0 Å². The predicted octanol–water partition coefficient (Wildman–Crippen LogP) is 10.6. The fourth-order valence-electron chi connectivity index (χ4n) is 6.80. The zero-order chi connectivity index (χ0) is 29.0. The van der Waals surface area contributed by atoms with Crippen molar-refractivity contribution in [2.24, 2.45) is 0 Å². The SMILES string of the molecule is CC1(C)c2c(-c3ccccc3)nc(-c3cccc(-c4cccc(-c5ccccc5)c4)c3)nc2-c2ccc3ccccc3c21. The molecular weight excluding hydrogens is 520 g/mol. The average molecular weight is 551 g/mol. The Hall–Kier alpha value is -5.34. The smallest absolute Gasteiger partial charge is 0.160 e. The van der Waals surface area contributed by atoms with E-state index in [1.54, 1.807) is 0 Å². The van der Waals surface area contributed by atoms with Crippen molar-refractivity contribution in [2.75, 3.05) is 0 Å². The van der Waals surface area contributed by atoms with Gasteiger partial charge >= 0.3 is 0 Å². The van der Waals surface area contributed by atoms with Crippen molar-refractivity contribution in [3.05, 3.63) is 157 Å². The van der Waals surface area contributed by atoms with Gasteiger partial charge in [-0.1, -0.05) is 147 Å². The maximum absolute atomic E-state index is 5.34. The van der Waals surface area contributed by atoms with Crippen LogP contribution in [0.2, 0.25) is 0 Å². The van der Waals surface area contributed by atoms with Crippen molar-refractivity contribution in [3.63, 3.8) is 0 Å². The third-order valence-electron chi connectivity index (χ3n) is 8.81. The summed E-state index contributed by atoms with van der Waals surface area (Å²) < 4.78 is 0. The third-order valence-corrected chi connectivity index (χ3v) is 8.81. The average Bonchev–Trinajstić information content (AvgIpc) is 3.31. The molecule has 1 aliphatic rings. The minimum absolute atomic E-state index is 0.255. The Morgan fingerprint density at radius 1 is 0.419 bits per heavy atom. The summed E-state index contributed by atoms with van der Waals surface area (Å²) in [6, 6.07) is 51.6. The molecule has 1 aromatic heterocycles. The normalized spacial score (nSPS) is 13.1. The Morgan fingerprint density at radius 2 is 0.953 bits per heavy atom. The van der Waals surface area contributed by atoms with Crippen LogP contribution in [0, 0.1) is 0 Å². The van der Waals surface area contributed by atoms with Crippen LogP contribution in [-0.4, -0.2) is 9.97 Å². The van der Waals surface area contributed by atoms with Crippen LogP contribution in [0.4, 0.5) is 0 Å². The highest BCUT2D eigenvalue weighted by molar-refractivity contribution is 5.98. The molecule has 204 valence electrons. The summed E-state index contributed by atoms with van der Waals surface area (Å²) in [7, 11) is 0. The number of rotatable bonds is 4. The van der Waals surface area contributed by atoms with E-state index in [1.165, 1.54) is 44.2 Å². The van der Waals surface area contributed by atoms with E-state index in [4.69, 9.17) is 9.97 Å². The van der Waals surface area contributed by atoms with Crippen LogP contribution in [-0.2, 0) is 5.41 Å². The summed E-state index contributed by atoms with van der Waals surface area (Å²) >= 11 is 0. The number of benzene rings is 6. The summed E-state index contributed by atoms with van der Waals surface area (Å²) in [6.07, 6.45) is 0. The lowest BCUT2D eigenvalue weighted by molar-refractivity contribution is 0.663. The first kappa shape index (κ1) is 25.4. The monoisotopic (exact) mass is 550 g/mol. The van der Waals surface area contributed by atoms with E-state index in [0.29, 0.717) is 0 Å². The van der Waals surface area contributed by atoms with E-state index >= 15 is 0 Å². The van der Waals surface area contributed by atoms with Crippen LogP contribution in [0.5, 0.6) is 0 Å². The second-order valence-electron chi connectivity index (χ2n) is 11.8. The molecule has 6 aromatic carbocycles. The van der Waals surface area contributed by atoms with Crippen LogP contribution in [0.25, 0.3) is 66.9 Å². The van der Waals surface area contributed by atoms with Gasteiger partial charge < -0.3 is 0 Å². The van der Waals surface area contributed by atoms with Crippen LogP contribution in [0.15, 0.2) is 146 Å². The molecule has 2 heteroatoms. The summed E-state index contributed by atoms with van der Waals surface area (Å²) in [5.41, 5.74) is 12.4. The molecule has 0 saturated carbocycles. The predicted molar refractivity (Wildman–Crippen MR) is 179 cm³/mol. The molecule has 0 atom stereocenters. The standard InChI is InChI=1S/C41H30N2/c1-41(2)36-34-22-10-9-15-28(34)23-24-35(36)39-37(41)38(29-16-7-4-8-17-29)42-40(43-39)33-21-12-20-32(26-33)31-19-11-18-30(25-31)27-13-5-3-6-14-27/h3-26H,1-2H3. The first-order chi connectivity index (χ1) is 21.1. The molecule has 0 radical (unpaired) electrons. The minimum atomic E-state index is -0.255. The second-order valence-corrected chi connectivity index (χ2v) is 11.8. The van der Waals surface area contributed by atoms with Gasteiger partial charge in [0.15, 0.2) is 5.82 Å². The molecule has 0 N–H and O–H groups in total. The van der Waals surface area contributed by atoms with Crippen LogP contribution >= 0.6 is 0 Å². The Labute approximate surface area is 252 Å². The fourth-order valence-corrected chi connectivity index (χ4v) is 6.80. The topological polar surface area (TPSA) is 25.8 Å². The van der Waals surface area contributed by atoms with Gasteiger partial charge in [0, 0.05) is 27.7 Å². The van der Waals surface area contributed by atoms with Crippen molar-refractivity contribution in [3.8, 4) is 56.2 Å². The fraction of sp³-hybridized carbons (Fsp3) is 0.0732. The zero-order valence-electron chi connectivity index (χ0n) is 24.3. The molecule has 0 unspecified atom stereocenters. The van der Waals surface area contributed by atoms with E-state index in [-0.39, 0.29) is 5.41 Å². The van der Waals surface area contributed by atoms with Gasteiger partial charge in [-0.2, -0.15) is 0 Å². The van der Waals surface area contributed by atoms with E-state index in [2.05, 4.69) is 159 Å². The van der Waals surface area contributed by atoms with Gasteiger partial charge in [-0.3, -0.25) is 0 Å². The molecule has 0 bridgehead atoms. The molecule has 2 nitrogen and oxygen atoms in total. The van der Waals surface area contributed by atoms with E-state index in [1.807, 2.05) is 0 Å². The molecule has 1 heterocycles. The van der Waals surface area contributed by atoms with Crippen LogP contribution in [0.1, 0.15) is 25.0 Å². The summed E-state index contributed by atoms with van der Waals surface area (Å²) in [5.74, 6) is 0.746. The van der Waals surface area contributed by atoms with Gasteiger partial charge in [-0.05, 0) is 50.7 Å². The molecule has 1 aliphatic carbocycles. The highest BCUT2D eigenvalue weighted by Gasteiger charge is 2.41. The number of nitrogens with zero attached hydrogens (tertiary/aromatic N) is 2. The molecule has 8 rings (SSSR count). The van der Waals surface area contributed by atoms with Crippen LogP contribution < -0.4 is 0 Å². The highest BCUT2D eigenvalue weighted by atomic mass is 14.9. The minimum Gasteiger partial charge on any atom is -0.228 e. The van der Waals surface area contributed by atoms with Gasteiger partial charge in [0.05, 0.1) is 11.4 Å². The first-order valence-corrected chi connectivity index (χ1v) is 14.8. The summed E-state index contributed by atoms with van der Waals surface area (Å²) in [4.78, 5) is 10.7. The van der Waals surface area contributed by atoms with E-state index in [9.17, 15) is 0 Å². The quantitative estimate of drug-likeness (QED) is 0.218. The molecule has 0 spiro atoms. The summed E-state index contributed by atoms with van der Waals surface area (Å²) in [6.45, 7) is 4.64. The van der Waals surface area contributed by atoms with Crippen molar-refractivity contribution >= 4 is 10.8 Å². The van der Waals surface area contributed by atoms with Gasteiger partial charge in [-0.25, -0.2) is 9.97 Å². The number of hydrogen-bond donors (Lipinski definition) is 0. The van der Waals surface area contributed by atoms with Crippen molar-refractivity contribution in [2.45, 2.75) is 19.3 Å². The molecular formula is C41H30N2. The maximum Gasteiger partial charge on any atom is 0.160 e. The number of aromatic nitrogens is 2. The molecule has 0 saturated heterocycles. The Bertz CT molecular complexity index is 2140. The van der Waals surface area contributed by atoms with Gasteiger partial charge in [-0.15, -0.1) is 0 Å². The van der Waals surface area contributed by atoms with Gasteiger partial charge in [0.2, 0.25) is 0 Å². The molecule has 43 heavy (non-hydrogen) atoms. The van der Waals surface area contributed by atoms with E-state index in [0.717, 1.165) is 33.9 Å². The van der Waals surface area contributed by atoms with Crippen molar-refractivity contribution in [1.82, 2.24) is 9.97 Å². The highest BCUT2D eigenvalue weighted by Crippen LogP contribution is 2.53. The number of fused-ring (bicyclic) bond motifs is 5.